The Labute approximate surface area is 167 Å². The van der Waals surface area contributed by atoms with Crippen molar-refractivity contribution in [3.8, 4) is 0 Å². The van der Waals surface area contributed by atoms with E-state index < -0.39 is 11.2 Å². The first kappa shape index (κ1) is 19.1. The first-order valence-electron chi connectivity index (χ1n) is 9.52. The van der Waals surface area contributed by atoms with Crippen molar-refractivity contribution in [3.05, 3.63) is 74.6 Å². The van der Waals surface area contributed by atoms with Crippen molar-refractivity contribution in [2.24, 2.45) is 25.7 Å². The van der Waals surface area contributed by atoms with Gasteiger partial charge in [-0.25, -0.2) is 9.78 Å². The molecule has 3 heterocycles. The Morgan fingerprint density at radius 1 is 1.14 bits per heavy atom. The normalized spacial score (nSPS) is 19.1. The summed E-state index contributed by atoms with van der Waals surface area (Å²) in [6.45, 7) is 1.61. The SMILES string of the molecule is Cn1c(=O)c2cc(C(=O)N3C[C@@H](CN)[C@H](c4ccccc4)C3)cnc2n(C)c1=O. The smallest absolute Gasteiger partial charge is 0.332 e. The number of nitrogens with two attached hydrogens (primary N) is 1. The number of carbonyl (C=O) groups excluding carboxylic acids is 1. The van der Waals surface area contributed by atoms with Crippen LogP contribution in [-0.2, 0) is 14.1 Å². The largest absolute Gasteiger partial charge is 0.338 e. The maximum Gasteiger partial charge on any atom is 0.332 e. The topological polar surface area (TPSA) is 103 Å². The molecule has 1 aromatic carbocycles. The number of rotatable bonds is 3. The molecule has 1 saturated heterocycles. The number of pyridine rings is 1. The fourth-order valence-electron chi connectivity index (χ4n) is 4.12. The average Bonchev–Trinajstić information content (AvgIpc) is 3.20. The van der Waals surface area contributed by atoms with Crippen LogP contribution in [0.3, 0.4) is 0 Å². The molecule has 0 aliphatic carbocycles. The van der Waals surface area contributed by atoms with Gasteiger partial charge in [-0.05, 0) is 24.1 Å². The van der Waals surface area contributed by atoms with E-state index in [1.165, 1.54) is 29.4 Å². The number of benzene rings is 1. The molecular weight excluding hydrogens is 370 g/mol. The number of aromatic nitrogens is 3. The number of hydrogen-bond acceptors (Lipinski definition) is 5. The molecule has 8 heteroatoms. The van der Waals surface area contributed by atoms with E-state index in [0.717, 1.165) is 4.57 Å². The molecule has 2 N–H and O–H groups in total. The van der Waals surface area contributed by atoms with Crippen LogP contribution in [0.15, 0.2) is 52.2 Å². The van der Waals surface area contributed by atoms with Crippen molar-refractivity contribution in [3.63, 3.8) is 0 Å². The molecule has 2 aromatic heterocycles. The van der Waals surface area contributed by atoms with Crippen LogP contribution >= 0.6 is 0 Å². The van der Waals surface area contributed by atoms with Gasteiger partial charge >= 0.3 is 5.69 Å². The third-order valence-electron chi connectivity index (χ3n) is 5.80. The lowest BCUT2D eigenvalue weighted by Gasteiger charge is -2.17. The van der Waals surface area contributed by atoms with Crippen LogP contribution in [0.1, 0.15) is 21.8 Å². The van der Waals surface area contributed by atoms with Gasteiger partial charge in [0.05, 0.1) is 10.9 Å². The summed E-state index contributed by atoms with van der Waals surface area (Å²) in [7, 11) is 2.96. The molecule has 1 amide bonds. The summed E-state index contributed by atoms with van der Waals surface area (Å²) >= 11 is 0. The molecule has 1 aliphatic heterocycles. The van der Waals surface area contributed by atoms with Gasteiger partial charge in [-0.3, -0.25) is 18.7 Å². The Hall–Kier alpha value is -3.26. The molecule has 4 rings (SSSR count). The maximum absolute atomic E-state index is 13.1. The summed E-state index contributed by atoms with van der Waals surface area (Å²) in [5, 5.41) is 0.245. The molecule has 1 fully saturated rings. The third kappa shape index (κ3) is 3.15. The number of carbonyl (C=O) groups is 1. The van der Waals surface area contributed by atoms with E-state index in [9.17, 15) is 14.4 Å². The number of nitrogens with zero attached hydrogens (tertiary/aromatic N) is 4. The second kappa shape index (κ2) is 7.29. The van der Waals surface area contributed by atoms with E-state index in [-0.39, 0.29) is 28.8 Å². The van der Waals surface area contributed by atoms with Crippen molar-refractivity contribution < 1.29 is 4.79 Å². The van der Waals surface area contributed by atoms with E-state index in [1.807, 2.05) is 18.2 Å². The Morgan fingerprint density at radius 2 is 1.86 bits per heavy atom. The predicted molar refractivity (Wildman–Crippen MR) is 110 cm³/mol. The zero-order chi connectivity index (χ0) is 20.7. The molecule has 0 radical (unpaired) electrons. The van der Waals surface area contributed by atoms with Gasteiger partial charge in [-0.2, -0.15) is 0 Å². The summed E-state index contributed by atoms with van der Waals surface area (Å²) in [6.07, 6.45) is 1.43. The van der Waals surface area contributed by atoms with E-state index in [1.54, 1.807) is 11.9 Å². The first-order valence-corrected chi connectivity index (χ1v) is 9.52. The average molecular weight is 393 g/mol. The Kier molecular flexibility index (Phi) is 4.79. The fourth-order valence-corrected chi connectivity index (χ4v) is 4.12. The third-order valence-corrected chi connectivity index (χ3v) is 5.80. The summed E-state index contributed by atoms with van der Waals surface area (Å²) in [5.74, 6) is 0.155. The van der Waals surface area contributed by atoms with Gasteiger partial charge < -0.3 is 10.6 Å². The van der Waals surface area contributed by atoms with E-state index in [4.69, 9.17) is 5.73 Å². The first-order chi connectivity index (χ1) is 13.9. The summed E-state index contributed by atoms with van der Waals surface area (Å²) in [5.41, 5.74) is 6.82. The summed E-state index contributed by atoms with van der Waals surface area (Å²) in [6, 6.07) is 11.6. The Bertz CT molecular complexity index is 1200. The highest BCUT2D eigenvalue weighted by atomic mass is 16.2. The lowest BCUT2D eigenvalue weighted by atomic mass is 9.89. The minimum atomic E-state index is -0.464. The Balaban J connectivity index is 1.69. The van der Waals surface area contributed by atoms with E-state index >= 15 is 0 Å². The molecule has 1 aliphatic rings. The maximum atomic E-state index is 13.1. The lowest BCUT2D eigenvalue weighted by Crippen LogP contribution is -2.37. The zero-order valence-electron chi connectivity index (χ0n) is 16.4. The minimum absolute atomic E-state index is 0.170. The molecular formula is C21H23N5O3. The van der Waals surface area contributed by atoms with Crippen molar-refractivity contribution >= 4 is 16.9 Å². The van der Waals surface area contributed by atoms with Crippen LogP contribution in [0.4, 0.5) is 0 Å². The molecule has 8 nitrogen and oxygen atoms in total. The van der Waals surface area contributed by atoms with Gasteiger partial charge in [0.15, 0.2) is 0 Å². The van der Waals surface area contributed by atoms with Crippen molar-refractivity contribution in [2.45, 2.75) is 5.92 Å². The molecule has 2 atom stereocenters. The fraction of sp³-hybridized carbons (Fsp3) is 0.333. The zero-order valence-corrected chi connectivity index (χ0v) is 16.4. The van der Waals surface area contributed by atoms with Crippen LogP contribution < -0.4 is 17.0 Å². The summed E-state index contributed by atoms with van der Waals surface area (Å²) < 4.78 is 2.32. The standard InChI is InChI=1S/C21H23N5O3/c1-24-18-16(20(28)25(2)21(24)29)8-14(10-23-18)19(27)26-11-15(9-22)17(12-26)13-6-4-3-5-7-13/h3-8,10,15,17H,9,11-12,22H2,1-2H3/t15-,17+/m1/s1. The number of amides is 1. The van der Waals surface area contributed by atoms with Gasteiger partial charge in [0.1, 0.15) is 5.65 Å². The highest BCUT2D eigenvalue weighted by molar-refractivity contribution is 5.97. The molecule has 0 saturated carbocycles. The second-order valence-electron chi connectivity index (χ2n) is 7.52. The lowest BCUT2D eigenvalue weighted by molar-refractivity contribution is 0.0786. The quantitative estimate of drug-likeness (QED) is 0.696. The van der Waals surface area contributed by atoms with Crippen molar-refractivity contribution in [1.82, 2.24) is 19.0 Å². The van der Waals surface area contributed by atoms with Gasteiger partial charge in [-0.1, -0.05) is 30.3 Å². The van der Waals surface area contributed by atoms with Crippen molar-refractivity contribution in [2.75, 3.05) is 19.6 Å². The minimum Gasteiger partial charge on any atom is -0.338 e. The predicted octanol–water partition coefficient (Wildman–Crippen LogP) is 0.447. The van der Waals surface area contributed by atoms with Crippen LogP contribution in [0, 0.1) is 5.92 Å². The van der Waals surface area contributed by atoms with Crippen LogP contribution in [0.2, 0.25) is 0 Å². The molecule has 150 valence electrons. The molecule has 0 unspecified atom stereocenters. The number of hydrogen-bond donors (Lipinski definition) is 1. The van der Waals surface area contributed by atoms with E-state index in [2.05, 4.69) is 17.1 Å². The van der Waals surface area contributed by atoms with Crippen molar-refractivity contribution in [1.29, 1.82) is 0 Å². The second-order valence-corrected chi connectivity index (χ2v) is 7.52. The highest BCUT2D eigenvalue weighted by Crippen LogP contribution is 2.32. The number of fused-ring (bicyclic) bond motifs is 1. The van der Waals surface area contributed by atoms with Gasteiger partial charge in [0.2, 0.25) is 0 Å². The van der Waals surface area contributed by atoms with Gasteiger partial charge in [0, 0.05) is 39.3 Å². The monoisotopic (exact) mass is 393 g/mol. The number of likely N-dealkylation sites (tertiary alicyclic amines) is 1. The van der Waals surface area contributed by atoms with Gasteiger partial charge in [-0.15, -0.1) is 0 Å². The molecule has 29 heavy (non-hydrogen) atoms. The van der Waals surface area contributed by atoms with E-state index in [0.29, 0.717) is 25.2 Å². The van der Waals surface area contributed by atoms with Crippen LogP contribution in [-0.4, -0.2) is 44.6 Å². The molecule has 0 spiro atoms. The van der Waals surface area contributed by atoms with Crippen LogP contribution in [0.25, 0.3) is 11.0 Å². The number of aryl methyl sites for hydroxylation is 1. The van der Waals surface area contributed by atoms with Crippen LogP contribution in [0.5, 0.6) is 0 Å². The summed E-state index contributed by atoms with van der Waals surface area (Å²) in [4.78, 5) is 43.7. The van der Waals surface area contributed by atoms with Gasteiger partial charge in [0.25, 0.3) is 11.5 Å². The highest BCUT2D eigenvalue weighted by Gasteiger charge is 2.35. The molecule has 0 bridgehead atoms. The molecule has 3 aromatic rings. The Morgan fingerprint density at radius 3 is 2.55 bits per heavy atom.